The fourth-order valence-corrected chi connectivity index (χ4v) is 6.18. The molecule has 0 aromatic carbocycles. The third kappa shape index (κ3) is 3.56. The minimum Gasteiger partial charge on any atom is -0.443 e. The Labute approximate surface area is 168 Å². The monoisotopic (exact) mass is 388 g/mol. The maximum Gasteiger partial charge on any atom is 0.405 e. The van der Waals surface area contributed by atoms with Crippen LogP contribution in [0.2, 0.25) is 0 Å². The van der Waals surface area contributed by atoms with E-state index in [1.807, 2.05) is 0 Å². The SMILES string of the molecule is Cc1nn(CC23CCC(OC(N)=O)(CC2)C(CC(C)(C)C)C3)c2c1CNCC2. The smallest absolute Gasteiger partial charge is 0.405 e. The molecule has 6 nitrogen and oxygen atoms in total. The summed E-state index contributed by atoms with van der Waals surface area (Å²) in [5.41, 5.74) is 9.57. The van der Waals surface area contributed by atoms with Gasteiger partial charge >= 0.3 is 6.09 Å². The van der Waals surface area contributed by atoms with E-state index < -0.39 is 6.09 Å². The van der Waals surface area contributed by atoms with Crippen LogP contribution in [0, 0.1) is 23.7 Å². The zero-order valence-electron chi connectivity index (χ0n) is 17.9. The summed E-state index contributed by atoms with van der Waals surface area (Å²) in [4.78, 5) is 11.7. The molecule has 6 heteroatoms. The number of nitrogens with one attached hydrogen (secondary N) is 1. The molecule has 3 N–H and O–H groups in total. The summed E-state index contributed by atoms with van der Waals surface area (Å²) in [6.45, 7) is 11.9. The second-order valence-electron chi connectivity index (χ2n) is 10.7. The number of primary amides is 1. The van der Waals surface area contributed by atoms with Crippen LogP contribution in [0.5, 0.6) is 0 Å². The summed E-state index contributed by atoms with van der Waals surface area (Å²) in [6, 6.07) is 0. The van der Waals surface area contributed by atoms with Crippen LogP contribution in [0.3, 0.4) is 0 Å². The molecular weight excluding hydrogens is 352 g/mol. The van der Waals surface area contributed by atoms with Crippen molar-refractivity contribution in [1.82, 2.24) is 15.1 Å². The number of carbonyl (C=O) groups excluding carboxylic acids is 1. The molecule has 5 rings (SSSR count). The van der Waals surface area contributed by atoms with Gasteiger partial charge in [-0.3, -0.25) is 4.68 Å². The Kier molecular flexibility index (Phi) is 4.76. The highest BCUT2D eigenvalue weighted by Crippen LogP contribution is 2.59. The third-order valence-corrected chi connectivity index (χ3v) is 7.44. The Balaban J connectivity index is 1.60. The quantitative estimate of drug-likeness (QED) is 0.824. The molecule has 0 spiro atoms. The molecule has 2 bridgehead atoms. The van der Waals surface area contributed by atoms with Gasteiger partial charge in [-0.25, -0.2) is 4.79 Å². The average Bonchev–Trinajstić information content (AvgIpc) is 2.91. The molecule has 156 valence electrons. The lowest BCUT2D eigenvalue weighted by atomic mass is 9.52. The van der Waals surface area contributed by atoms with Crippen LogP contribution in [0.1, 0.15) is 76.2 Å². The minimum atomic E-state index is -0.613. The first kappa shape index (κ1) is 19.7. The average molecular weight is 389 g/mol. The molecule has 2 heterocycles. The van der Waals surface area contributed by atoms with Gasteiger partial charge in [0.1, 0.15) is 5.60 Å². The summed E-state index contributed by atoms with van der Waals surface area (Å²) < 4.78 is 8.13. The number of rotatable bonds is 4. The van der Waals surface area contributed by atoms with Crippen molar-refractivity contribution >= 4 is 6.09 Å². The highest BCUT2D eigenvalue weighted by Gasteiger charge is 2.57. The standard InChI is InChI=1S/C22H36N4O2/c1-15-17-13-24-10-5-18(17)26(25-15)14-21-6-8-22(9-7-21,28-19(23)27)16(12-21)11-20(2,3)4/h16,24H,5-14H2,1-4H3,(H2,23,27). The van der Waals surface area contributed by atoms with Crippen molar-refractivity contribution in [2.24, 2.45) is 22.5 Å². The van der Waals surface area contributed by atoms with Gasteiger partial charge in [0.05, 0.1) is 5.69 Å². The third-order valence-electron chi connectivity index (χ3n) is 7.44. The van der Waals surface area contributed by atoms with Gasteiger partial charge in [0, 0.05) is 37.3 Å². The highest BCUT2D eigenvalue weighted by molar-refractivity contribution is 5.65. The van der Waals surface area contributed by atoms with Crippen LogP contribution in [0.25, 0.3) is 0 Å². The van der Waals surface area contributed by atoms with E-state index in [1.165, 1.54) is 17.0 Å². The number of fused-ring (bicyclic) bond motifs is 4. The molecule has 4 aliphatic rings. The first-order valence-electron chi connectivity index (χ1n) is 10.9. The van der Waals surface area contributed by atoms with Gasteiger partial charge < -0.3 is 15.8 Å². The molecule has 3 aliphatic carbocycles. The predicted octanol–water partition coefficient (Wildman–Crippen LogP) is 3.69. The lowest BCUT2D eigenvalue weighted by Gasteiger charge is -2.57. The van der Waals surface area contributed by atoms with E-state index in [2.05, 4.69) is 37.7 Å². The topological polar surface area (TPSA) is 82.2 Å². The first-order valence-corrected chi connectivity index (χ1v) is 10.9. The highest BCUT2D eigenvalue weighted by atomic mass is 16.6. The van der Waals surface area contributed by atoms with Gasteiger partial charge in [-0.15, -0.1) is 0 Å². The van der Waals surface area contributed by atoms with Crippen molar-refractivity contribution in [3.8, 4) is 0 Å². The maximum atomic E-state index is 11.7. The van der Waals surface area contributed by atoms with Gasteiger partial charge in [0.25, 0.3) is 0 Å². The van der Waals surface area contributed by atoms with Crippen LogP contribution < -0.4 is 11.1 Å². The van der Waals surface area contributed by atoms with Crippen LogP contribution in [-0.2, 0) is 24.2 Å². The fourth-order valence-electron chi connectivity index (χ4n) is 6.18. The van der Waals surface area contributed by atoms with Crippen molar-refractivity contribution in [1.29, 1.82) is 0 Å². The van der Waals surface area contributed by atoms with Crippen LogP contribution in [-0.4, -0.2) is 28.0 Å². The molecule has 1 unspecified atom stereocenters. The predicted molar refractivity (Wildman–Crippen MR) is 109 cm³/mol. The van der Waals surface area contributed by atoms with E-state index in [9.17, 15) is 4.79 Å². The van der Waals surface area contributed by atoms with Crippen LogP contribution >= 0.6 is 0 Å². The molecule has 3 fully saturated rings. The summed E-state index contributed by atoms with van der Waals surface area (Å²) in [5, 5.41) is 8.41. The zero-order valence-corrected chi connectivity index (χ0v) is 17.9. The molecule has 3 saturated carbocycles. The van der Waals surface area contributed by atoms with Crippen molar-refractivity contribution < 1.29 is 9.53 Å². The molecule has 28 heavy (non-hydrogen) atoms. The van der Waals surface area contributed by atoms with Gasteiger partial charge in [-0.1, -0.05) is 20.8 Å². The number of amides is 1. The Morgan fingerprint density at radius 1 is 1.32 bits per heavy atom. The van der Waals surface area contributed by atoms with E-state index in [-0.39, 0.29) is 16.4 Å². The molecule has 0 saturated heterocycles. The van der Waals surface area contributed by atoms with Gasteiger partial charge in [0.2, 0.25) is 0 Å². The number of ether oxygens (including phenoxy) is 1. The van der Waals surface area contributed by atoms with Crippen molar-refractivity contribution in [3.05, 3.63) is 17.0 Å². The van der Waals surface area contributed by atoms with Gasteiger partial charge in [-0.05, 0) is 62.2 Å². The first-order chi connectivity index (χ1) is 13.1. The van der Waals surface area contributed by atoms with Crippen molar-refractivity contribution in [2.45, 2.75) is 91.3 Å². The van der Waals surface area contributed by atoms with Crippen LogP contribution in [0.4, 0.5) is 4.79 Å². The van der Waals surface area contributed by atoms with Gasteiger partial charge in [-0.2, -0.15) is 5.10 Å². The fraction of sp³-hybridized carbons (Fsp3) is 0.818. The van der Waals surface area contributed by atoms with E-state index >= 15 is 0 Å². The molecule has 0 radical (unpaired) electrons. The van der Waals surface area contributed by atoms with Gasteiger partial charge in [0.15, 0.2) is 0 Å². The number of nitrogens with zero attached hydrogens (tertiary/aromatic N) is 2. The lowest BCUT2D eigenvalue weighted by Crippen LogP contribution is -2.57. The largest absolute Gasteiger partial charge is 0.443 e. The summed E-state index contributed by atoms with van der Waals surface area (Å²) >= 11 is 0. The molecule has 1 amide bonds. The second kappa shape index (κ2) is 6.75. The molecule has 1 atom stereocenters. The van der Waals surface area contributed by atoms with E-state index in [1.54, 1.807) is 0 Å². The Morgan fingerprint density at radius 3 is 2.68 bits per heavy atom. The summed E-state index contributed by atoms with van der Waals surface area (Å²) in [6.07, 6.45) is 6.65. The second-order valence-corrected chi connectivity index (χ2v) is 10.7. The van der Waals surface area contributed by atoms with E-state index in [0.29, 0.717) is 5.92 Å². The number of nitrogens with two attached hydrogens (primary N) is 1. The molecular formula is C22H36N4O2. The number of hydrogen-bond donors (Lipinski definition) is 2. The number of aryl methyl sites for hydroxylation is 1. The molecule has 1 aliphatic heterocycles. The Morgan fingerprint density at radius 2 is 2.04 bits per heavy atom. The zero-order chi connectivity index (χ0) is 20.2. The Hall–Kier alpha value is -1.56. The van der Waals surface area contributed by atoms with Crippen LogP contribution in [0.15, 0.2) is 0 Å². The van der Waals surface area contributed by atoms with Crippen molar-refractivity contribution in [3.63, 3.8) is 0 Å². The Bertz CT molecular complexity index is 753. The summed E-state index contributed by atoms with van der Waals surface area (Å²) in [5.74, 6) is 0.372. The lowest BCUT2D eigenvalue weighted by molar-refractivity contribution is -0.151. The molecule has 1 aromatic rings. The summed E-state index contributed by atoms with van der Waals surface area (Å²) in [7, 11) is 0. The van der Waals surface area contributed by atoms with Crippen molar-refractivity contribution in [2.75, 3.05) is 6.54 Å². The molecule has 1 aromatic heterocycles. The normalized spacial score (nSPS) is 32.2. The minimum absolute atomic E-state index is 0.199. The number of aromatic nitrogens is 2. The maximum absolute atomic E-state index is 11.7. The number of hydrogen-bond acceptors (Lipinski definition) is 4. The van der Waals surface area contributed by atoms with E-state index in [0.717, 1.165) is 64.6 Å². The number of carbonyl (C=O) groups is 1. The van der Waals surface area contributed by atoms with E-state index in [4.69, 9.17) is 15.6 Å².